The van der Waals surface area contributed by atoms with Gasteiger partial charge in [0.15, 0.2) is 0 Å². The Morgan fingerprint density at radius 2 is 2.00 bits per heavy atom. The van der Waals surface area contributed by atoms with Gasteiger partial charge in [0.2, 0.25) is 0 Å². The number of hydrogen-bond acceptors (Lipinski definition) is 4. The zero-order chi connectivity index (χ0) is 15.1. The first kappa shape index (κ1) is 16.1. The van der Waals surface area contributed by atoms with Crippen LogP contribution in [0.1, 0.15) is 29.6 Å². The molecule has 8 heteroatoms. The van der Waals surface area contributed by atoms with E-state index in [1.165, 1.54) is 12.3 Å². The molecule has 0 fully saturated rings. The van der Waals surface area contributed by atoms with E-state index in [-0.39, 0.29) is 24.8 Å². The molecule has 0 aliphatic rings. The average molecular weight is 345 g/mol. The third-order valence-electron chi connectivity index (χ3n) is 2.48. The molecule has 1 amide bonds. The van der Waals surface area contributed by atoms with Gasteiger partial charge in [0.1, 0.15) is 10.6 Å². The second kappa shape index (κ2) is 7.59. The van der Waals surface area contributed by atoms with Crippen molar-refractivity contribution in [2.24, 2.45) is 0 Å². The number of carbonyl (C=O) groups is 3. The Morgan fingerprint density at radius 1 is 1.30 bits per heavy atom. The molecule has 0 aromatic carbocycles. The van der Waals surface area contributed by atoms with Crippen LogP contribution in [0.4, 0.5) is 0 Å². The summed E-state index contributed by atoms with van der Waals surface area (Å²) in [4.78, 5) is 37.1. The number of nitrogens with zero attached hydrogens (tertiary/aromatic N) is 1. The number of aliphatic carboxylic acids is 2. The van der Waals surface area contributed by atoms with E-state index in [4.69, 9.17) is 10.2 Å². The van der Waals surface area contributed by atoms with Crippen molar-refractivity contribution in [3.63, 3.8) is 0 Å². The Bertz CT molecular complexity index is 503. The average Bonchev–Trinajstić information content (AvgIpc) is 2.37. The molecule has 0 aliphatic carbocycles. The molecular weight excluding hydrogens is 332 g/mol. The van der Waals surface area contributed by atoms with Gasteiger partial charge in [-0.2, -0.15) is 0 Å². The van der Waals surface area contributed by atoms with Gasteiger partial charge in [0, 0.05) is 12.6 Å². The summed E-state index contributed by atoms with van der Waals surface area (Å²) >= 11 is 3.12. The maximum atomic E-state index is 11.8. The lowest BCUT2D eigenvalue weighted by molar-refractivity contribution is -0.140. The van der Waals surface area contributed by atoms with E-state index in [2.05, 4.69) is 26.2 Å². The number of rotatable bonds is 7. The van der Waals surface area contributed by atoms with Gasteiger partial charge in [0.25, 0.3) is 5.91 Å². The largest absolute Gasteiger partial charge is 0.481 e. The van der Waals surface area contributed by atoms with Crippen LogP contribution in [-0.2, 0) is 9.59 Å². The van der Waals surface area contributed by atoms with E-state index in [1.54, 1.807) is 6.07 Å². The molecule has 0 bridgehead atoms. The molecule has 1 atom stereocenters. The first-order chi connectivity index (χ1) is 9.40. The molecule has 0 radical (unpaired) electrons. The predicted octanol–water partition coefficient (Wildman–Crippen LogP) is 1.28. The number of nitrogens with one attached hydrogen (secondary N) is 1. The van der Waals surface area contributed by atoms with Crippen molar-refractivity contribution in [2.45, 2.75) is 25.3 Å². The quantitative estimate of drug-likeness (QED) is 0.641. The Balaban J connectivity index is 2.60. The summed E-state index contributed by atoms with van der Waals surface area (Å²) in [5.74, 6) is -2.76. The van der Waals surface area contributed by atoms with Gasteiger partial charge in [-0.05, 0) is 40.9 Å². The van der Waals surface area contributed by atoms with Crippen LogP contribution in [0.15, 0.2) is 22.9 Å². The number of hydrogen-bond donors (Lipinski definition) is 3. The minimum absolute atomic E-state index is 0.0529. The van der Waals surface area contributed by atoms with Gasteiger partial charge in [-0.3, -0.25) is 9.59 Å². The van der Waals surface area contributed by atoms with Crippen molar-refractivity contribution >= 4 is 33.8 Å². The van der Waals surface area contributed by atoms with Crippen LogP contribution in [0.3, 0.4) is 0 Å². The number of carboxylic acids is 2. The lowest BCUT2D eigenvalue weighted by atomic mass is 10.1. The fourth-order valence-corrected chi connectivity index (χ4v) is 1.70. The fraction of sp³-hybridized carbons (Fsp3) is 0.333. The number of pyridine rings is 1. The van der Waals surface area contributed by atoms with Crippen LogP contribution in [-0.4, -0.2) is 39.1 Å². The fourth-order valence-electron chi connectivity index (χ4n) is 1.47. The maximum absolute atomic E-state index is 11.8. The number of carbonyl (C=O) groups excluding carboxylic acids is 1. The summed E-state index contributed by atoms with van der Waals surface area (Å²) in [6.07, 6.45) is 1.40. The summed E-state index contributed by atoms with van der Waals surface area (Å²) in [5, 5.41) is 19.8. The van der Waals surface area contributed by atoms with E-state index in [0.29, 0.717) is 4.60 Å². The summed E-state index contributed by atoms with van der Waals surface area (Å²) in [5.41, 5.74) is 0.234. The molecular formula is C12H13BrN2O5. The SMILES string of the molecule is O=C(O)CCC[C@@H](NC(=O)c1ccc(Br)nc1)C(=O)O. The second-order valence-electron chi connectivity index (χ2n) is 4.02. The van der Waals surface area contributed by atoms with E-state index < -0.39 is 23.9 Å². The van der Waals surface area contributed by atoms with Gasteiger partial charge in [0.05, 0.1) is 5.56 Å². The molecule has 7 nitrogen and oxygen atoms in total. The smallest absolute Gasteiger partial charge is 0.326 e. The summed E-state index contributed by atoms with van der Waals surface area (Å²) in [6, 6.07) is 1.95. The highest BCUT2D eigenvalue weighted by atomic mass is 79.9. The standard InChI is InChI=1S/C12H13BrN2O5/c13-9-5-4-7(6-14-9)11(18)15-8(12(19)20)2-1-3-10(16)17/h4-6,8H,1-3H2,(H,15,18)(H,16,17)(H,19,20)/t8-/m1/s1. The van der Waals surface area contributed by atoms with Crippen LogP contribution < -0.4 is 5.32 Å². The Hall–Kier alpha value is -1.96. The summed E-state index contributed by atoms with van der Waals surface area (Å²) < 4.78 is 0.560. The van der Waals surface area contributed by atoms with Crippen LogP contribution >= 0.6 is 15.9 Å². The molecule has 108 valence electrons. The van der Waals surface area contributed by atoms with Gasteiger partial charge in [-0.25, -0.2) is 9.78 Å². The zero-order valence-electron chi connectivity index (χ0n) is 10.4. The highest BCUT2D eigenvalue weighted by Gasteiger charge is 2.20. The highest BCUT2D eigenvalue weighted by molar-refractivity contribution is 9.10. The number of halogens is 1. The molecule has 0 spiro atoms. The van der Waals surface area contributed by atoms with Gasteiger partial charge >= 0.3 is 11.9 Å². The number of amides is 1. The maximum Gasteiger partial charge on any atom is 0.326 e. The molecule has 0 aliphatic heterocycles. The third-order valence-corrected chi connectivity index (χ3v) is 2.95. The molecule has 0 saturated heterocycles. The third kappa shape index (κ3) is 5.35. The number of carboxylic acid groups (broad SMARTS) is 2. The van der Waals surface area contributed by atoms with E-state index in [1.807, 2.05) is 0 Å². The molecule has 20 heavy (non-hydrogen) atoms. The first-order valence-corrected chi connectivity index (χ1v) is 6.56. The van der Waals surface area contributed by atoms with Crippen molar-refractivity contribution in [2.75, 3.05) is 0 Å². The van der Waals surface area contributed by atoms with Gasteiger partial charge in [-0.1, -0.05) is 0 Å². The van der Waals surface area contributed by atoms with Crippen molar-refractivity contribution in [3.05, 3.63) is 28.5 Å². The molecule has 1 rings (SSSR count). The Morgan fingerprint density at radius 3 is 2.50 bits per heavy atom. The van der Waals surface area contributed by atoms with E-state index in [9.17, 15) is 14.4 Å². The van der Waals surface area contributed by atoms with Crippen LogP contribution in [0.5, 0.6) is 0 Å². The topological polar surface area (TPSA) is 117 Å². The molecule has 0 saturated carbocycles. The van der Waals surface area contributed by atoms with Crippen molar-refractivity contribution in [1.29, 1.82) is 0 Å². The molecule has 1 aromatic rings. The van der Waals surface area contributed by atoms with E-state index in [0.717, 1.165) is 0 Å². The lowest BCUT2D eigenvalue weighted by Gasteiger charge is -2.13. The van der Waals surface area contributed by atoms with Gasteiger partial charge < -0.3 is 15.5 Å². The second-order valence-corrected chi connectivity index (χ2v) is 4.83. The minimum Gasteiger partial charge on any atom is -0.481 e. The first-order valence-electron chi connectivity index (χ1n) is 5.77. The van der Waals surface area contributed by atoms with Crippen molar-refractivity contribution in [1.82, 2.24) is 10.3 Å². The molecule has 1 heterocycles. The number of aromatic nitrogens is 1. The van der Waals surface area contributed by atoms with Crippen LogP contribution in [0.25, 0.3) is 0 Å². The normalized spacial score (nSPS) is 11.7. The Kier molecular flexibility index (Phi) is 6.10. The van der Waals surface area contributed by atoms with E-state index >= 15 is 0 Å². The van der Waals surface area contributed by atoms with Crippen LogP contribution in [0.2, 0.25) is 0 Å². The summed E-state index contributed by atoms with van der Waals surface area (Å²) in [6.45, 7) is 0. The zero-order valence-corrected chi connectivity index (χ0v) is 12.0. The molecule has 3 N–H and O–H groups in total. The van der Waals surface area contributed by atoms with Crippen LogP contribution in [0, 0.1) is 0 Å². The highest BCUT2D eigenvalue weighted by Crippen LogP contribution is 2.08. The minimum atomic E-state index is -1.20. The summed E-state index contributed by atoms with van der Waals surface area (Å²) in [7, 11) is 0. The molecule has 1 aromatic heterocycles. The lowest BCUT2D eigenvalue weighted by Crippen LogP contribution is -2.40. The van der Waals surface area contributed by atoms with Crippen molar-refractivity contribution < 1.29 is 24.6 Å². The molecule has 0 unspecified atom stereocenters. The predicted molar refractivity (Wildman–Crippen MR) is 72.3 cm³/mol. The van der Waals surface area contributed by atoms with Crippen molar-refractivity contribution in [3.8, 4) is 0 Å². The van der Waals surface area contributed by atoms with Gasteiger partial charge in [-0.15, -0.1) is 0 Å². The monoisotopic (exact) mass is 344 g/mol. The Labute approximate surface area is 123 Å².